The van der Waals surface area contributed by atoms with E-state index in [1.807, 2.05) is 0 Å². The van der Waals surface area contributed by atoms with Crippen molar-refractivity contribution in [2.45, 2.75) is 12.2 Å². The summed E-state index contributed by atoms with van der Waals surface area (Å²) in [5, 5.41) is 2.25. The number of urea groups is 2. The van der Waals surface area contributed by atoms with Gasteiger partial charge in [-0.15, -0.1) is 4.59 Å². The first-order chi connectivity index (χ1) is 7.18. The minimum Gasteiger partial charge on any atom is -0.367 e. The lowest BCUT2D eigenvalue weighted by atomic mass is 10.3. The summed E-state index contributed by atoms with van der Waals surface area (Å²) >= 11 is 0. The van der Waals surface area contributed by atoms with Crippen LogP contribution in [0.5, 0.6) is 0 Å². The molecule has 3 fully saturated rings. The summed E-state index contributed by atoms with van der Waals surface area (Å²) in [6, 6.07) is -0.757. The van der Waals surface area contributed by atoms with E-state index in [1.54, 1.807) is 0 Å². The number of ether oxygens (including phenoxy) is 2. The molecule has 7 nitrogen and oxygen atoms in total. The zero-order chi connectivity index (χ0) is 10.5. The maximum Gasteiger partial charge on any atom is 0.449 e. The molecule has 0 bridgehead atoms. The molecule has 2 unspecified atom stereocenters. The Labute approximate surface area is 85.9 Å². The summed E-state index contributed by atoms with van der Waals surface area (Å²) < 4.78 is 10.1. The highest BCUT2D eigenvalue weighted by atomic mass is 16.6. The molecule has 3 aliphatic heterocycles. The molecule has 2 N–H and O–H groups in total. The molecule has 3 rings (SSSR count). The molecule has 3 heterocycles. The molecule has 0 spiro atoms. The SMILES string of the molecule is O=C1NC(=O)[N+](CC2CO2)(CC2CO2)N1. The van der Waals surface area contributed by atoms with Gasteiger partial charge >= 0.3 is 12.1 Å². The lowest BCUT2D eigenvalue weighted by molar-refractivity contribution is -0.880. The molecule has 0 aliphatic carbocycles. The summed E-state index contributed by atoms with van der Waals surface area (Å²) in [4.78, 5) is 22.8. The number of hydrogen-bond donors (Lipinski definition) is 2. The Bertz CT molecular complexity index is 310. The lowest BCUT2D eigenvalue weighted by Crippen LogP contribution is -2.60. The van der Waals surface area contributed by atoms with E-state index in [9.17, 15) is 9.59 Å². The summed E-state index contributed by atoms with van der Waals surface area (Å²) in [6.07, 6.45) is 0.154. The summed E-state index contributed by atoms with van der Waals surface area (Å²) in [6.45, 7) is 2.29. The van der Waals surface area contributed by atoms with Crippen LogP contribution in [0.25, 0.3) is 0 Å². The zero-order valence-electron chi connectivity index (χ0n) is 8.06. The van der Waals surface area contributed by atoms with Gasteiger partial charge in [-0.05, 0) is 0 Å². The third-order valence-corrected chi connectivity index (χ3v) is 2.76. The van der Waals surface area contributed by atoms with Crippen LogP contribution >= 0.6 is 0 Å². The van der Waals surface area contributed by atoms with E-state index < -0.39 is 6.03 Å². The lowest BCUT2D eigenvalue weighted by Gasteiger charge is -2.26. The van der Waals surface area contributed by atoms with Gasteiger partial charge in [0, 0.05) is 0 Å². The van der Waals surface area contributed by atoms with Crippen LogP contribution < -0.4 is 10.7 Å². The second kappa shape index (κ2) is 2.91. The number of imide groups is 1. The number of hydrogen-bond acceptors (Lipinski definition) is 4. The smallest absolute Gasteiger partial charge is 0.367 e. The van der Waals surface area contributed by atoms with Gasteiger partial charge in [0.1, 0.15) is 25.3 Å². The van der Waals surface area contributed by atoms with Crippen LogP contribution in [0.15, 0.2) is 0 Å². The van der Waals surface area contributed by atoms with Crippen molar-refractivity contribution in [2.75, 3.05) is 26.3 Å². The Morgan fingerprint density at radius 1 is 1.20 bits per heavy atom. The standard InChI is InChI=1S/C8H11N3O4/c12-7-9-8(13)11(10-7,1-5-3-14-5)2-6-4-15-6/h5-6H,1-4H2,(H-,9,10,12,13)/p+1. The third kappa shape index (κ3) is 1.69. The van der Waals surface area contributed by atoms with Gasteiger partial charge in [0.05, 0.1) is 13.2 Å². The minimum absolute atomic E-state index is 0.0768. The van der Waals surface area contributed by atoms with Gasteiger partial charge in [-0.25, -0.2) is 14.9 Å². The van der Waals surface area contributed by atoms with Crippen molar-refractivity contribution >= 4 is 12.1 Å². The van der Waals surface area contributed by atoms with E-state index in [0.717, 1.165) is 0 Å². The second-order valence-electron chi connectivity index (χ2n) is 4.11. The normalized spacial score (nSPS) is 42.4. The fourth-order valence-electron chi connectivity index (χ4n) is 1.85. The number of carbonyl (C=O) groups excluding carboxylic acids is 2. The highest BCUT2D eigenvalue weighted by Crippen LogP contribution is 2.22. The Hall–Kier alpha value is -1.18. The number of rotatable bonds is 4. The van der Waals surface area contributed by atoms with E-state index in [-0.39, 0.29) is 22.8 Å². The molecule has 0 aromatic heterocycles. The zero-order valence-corrected chi connectivity index (χ0v) is 8.06. The van der Waals surface area contributed by atoms with Crippen molar-refractivity contribution in [3.63, 3.8) is 0 Å². The average molecular weight is 214 g/mol. The highest BCUT2D eigenvalue weighted by molar-refractivity contribution is 5.94. The molecule has 3 saturated heterocycles. The number of amides is 4. The Morgan fingerprint density at radius 2 is 1.73 bits per heavy atom. The molecule has 3 aliphatic rings. The van der Waals surface area contributed by atoms with Crippen LogP contribution in [0.1, 0.15) is 0 Å². The van der Waals surface area contributed by atoms with Gasteiger partial charge in [-0.3, -0.25) is 0 Å². The van der Waals surface area contributed by atoms with Crippen molar-refractivity contribution in [1.29, 1.82) is 0 Å². The number of epoxide rings is 2. The minimum atomic E-state index is -0.443. The largest absolute Gasteiger partial charge is 0.449 e. The number of nitrogens with zero attached hydrogens (tertiary/aromatic N) is 1. The van der Waals surface area contributed by atoms with Crippen molar-refractivity contribution < 1.29 is 23.7 Å². The molecule has 0 aromatic rings. The van der Waals surface area contributed by atoms with Crippen molar-refractivity contribution in [2.24, 2.45) is 0 Å². The Kier molecular flexibility index (Phi) is 1.76. The second-order valence-corrected chi connectivity index (χ2v) is 4.11. The van der Waals surface area contributed by atoms with E-state index >= 15 is 0 Å². The van der Waals surface area contributed by atoms with E-state index in [1.165, 1.54) is 0 Å². The topological polar surface area (TPSA) is 83.3 Å². The number of quaternary nitrogens is 1. The van der Waals surface area contributed by atoms with Crippen LogP contribution in [-0.2, 0) is 9.47 Å². The first-order valence-corrected chi connectivity index (χ1v) is 4.92. The molecule has 2 atom stereocenters. The van der Waals surface area contributed by atoms with E-state index in [4.69, 9.17) is 9.47 Å². The molecule has 15 heavy (non-hydrogen) atoms. The maximum absolute atomic E-state index is 11.7. The molecule has 0 saturated carbocycles. The Morgan fingerprint density at radius 3 is 2.07 bits per heavy atom. The van der Waals surface area contributed by atoms with Crippen LogP contribution in [0, 0.1) is 0 Å². The van der Waals surface area contributed by atoms with Gasteiger partial charge in [0.25, 0.3) is 0 Å². The quantitative estimate of drug-likeness (QED) is 0.462. The first-order valence-electron chi connectivity index (χ1n) is 4.92. The molecule has 7 heteroatoms. The van der Waals surface area contributed by atoms with Gasteiger partial charge < -0.3 is 9.47 Å². The molecular weight excluding hydrogens is 202 g/mol. The molecule has 0 radical (unpaired) electrons. The summed E-state index contributed by atoms with van der Waals surface area (Å²) in [5.74, 6) is 0. The number of nitrogens with one attached hydrogen (secondary N) is 2. The number of carbonyl (C=O) groups is 2. The van der Waals surface area contributed by atoms with Crippen molar-refractivity contribution in [1.82, 2.24) is 10.7 Å². The van der Waals surface area contributed by atoms with Gasteiger partial charge in [0.2, 0.25) is 0 Å². The van der Waals surface area contributed by atoms with Crippen LogP contribution in [0.4, 0.5) is 9.59 Å². The fourth-order valence-corrected chi connectivity index (χ4v) is 1.85. The third-order valence-electron chi connectivity index (χ3n) is 2.76. The van der Waals surface area contributed by atoms with E-state index in [2.05, 4.69) is 10.7 Å². The predicted molar refractivity (Wildman–Crippen MR) is 46.5 cm³/mol. The first kappa shape index (κ1) is 9.08. The maximum atomic E-state index is 11.7. The van der Waals surface area contributed by atoms with Gasteiger partial charge in [-0.1, -0.05) is 0 Å². The molecule has 82 valence electrons. The average Bonchev–Trinajstić information content (AvgIpc) is 2.99. The van der Waals surface area contributed by atoms with Crippen LogP contribution in [0.2, 0.25) is 0 Å². The molecule has 4 amide bonds. The van der Waals surface area contributed by atoms with Gasteiger partial charge in [-0.2, -0.15) is 5.43 Å². The summed E-state index contributed by atoms with van der Waals surface area (Å²) in [5.41, 5.74) is 2.64. The van der Waals surface area contributed by atoms with Crippen LogP contribution in [0.3, 0.4) is 0 Å². The van der Waals surface area contributed by atoms with Crippen molar-refractivity contribution in [3.8, 4) is 0 Å². The highest BCUT2D eigenvalue weighted by Gasteiger charge is 2.53. The Balaban J connectivity index is 1.77. The van der Waals surface area contributed by atoms with Crippen molar-refractivity contribution in [3.05, 3.63) is 0 Å². The summed E-state index contributed by atoms with van der Waals surface area (Å²) in [7, 11) is 0. The van der Waals surface area contributed by atoms with Gasteiger partial charge in [0.15, 0.2) is 0 Å². The molecule has 0 aromatic carbocycles. The fraction of sp³-hybridized carbons (Fsp3) is 0.750. The van der Waals surface area contributed by atoms with E-state index in [0.29, 0.717) is 26.3 Å². The molecular formula is C8H12N3O4+. The monoisotopic (exact) mass is 214 g/mol. The predicted octanol–water partition coefficient (Wildman–Crippen LogP) is -1.05. The van der Waals surface area contributed by atoms with Crippen LogP contribution in [-0.4, -0.2) is 55.2 Å².